The van der Waals surface area contributed by atoms with Crippen molar-refractivity contribution in [2.75, 3.05) is 0 Å². The third-order valence-corrected chi connectivity index (χ3v) is 8.59. The van der Waals surface area contributed by atoms with E-state index in [0.29, 0.717) is 5.56 Å². The van der Waals surface area contributed by atoms with Crippen molar-refractivity contribution in [3.05, 3.63) is 99.9 Å². The zero-order chi connectivity index (χ0) is 15.9. The van der Waals surface area contributed by atoms with Crippen LogP contribution in [0, 0.1) is 0 Å². The molecule has 23 heavy (non-hydrogen) atoms. The van der Waals surface area contributed by atoms with E-state index in [2.05, 4.69) is 24.3 Å². The topological polar surface area (TPSA) is 0 Å². The Hall–Kier alpha value is -1.63. The van der Waals surface area contributed by atoms with Gasteiger partial charge in [0.15, 0.2) is 0 Å². The van der Waals surface area contributed by atoms with Crippen molar-refractivity contribution in [1.29, 1.82) is 0 Å². The Morgan fingerprint density at radius 1 is 0.565 bits per heavy atom. The van der Waals surface area contributed by atoms with Gasteiger partial charge in [-0.3, -0.25) is 0 Å². The Bertz CT molecular complexity index is 725. The van der Waals surface area contributed by atoms with Crippen LogP contribution in [0.1, 0.15) is 5.56 Å². The number of rotatable bonds is 5. The molecular formula is C20H15FSe2. The average molecular weight is 432 g/mol. The fourth-order valence-corrected chi connectivity index (χ4v) is 7.64. The molecular weight excluding hydrogens is 417 g/mol. The summed E-state index contributed by atoms with van der Waals surface area (Å²) in [6.07, 6.45) is 0. The Labute approximate surface area is 148 Å². The minimum atomic E-state index is -0.0571. The normalized spacial score (nSPS) is 10.3. The molecule has 0 nitrogen and oxygen atoms in total. The van der Waals surface area contributed by atoms with Crippen LogP contribution < -0.4 is 8.92 Å². The second-order valence-corrected chi connectivity index (χ2v) is 10.7. The Morgan fingerprint density at radius 2 is 0.957 bits per heavy atom. The zero-order valence-corrected chi connectivity index (χ0v) is 15.8. The second-order valence-electron chi connectivity index (χ2n) is 4.80. The first kappa shape index (κ1) is 16.2. The summed E-state index contributed by atoms with van der Waals surface area (Å²) in [5, 5.41) is 0. The van der Waals surface area contributed by atoms with Crippen LogP contribution in [0.15, 0.2) is 94.4 Å². The van der Waals surface area contributed by atoms with Crippen molar-refractivity contribution < 1.29 is 4.39 Å². The molecule has 3 aromatic carbocycles. The van der Waals surface area contributed by atoms with Gasteiger partial charge in [0.25, 0.3) is 0 Å². The molecule has 0 saturated heterocycles. The van der Waals surface area contributed by atoms with Gasteiger partial charge in [0.05, 0.1) is 0 Å². The molecule has 0 aliphatic rings. The molecule has 0 bridgehead atoms. The van der Waals surface area contributed by atoms with Gasteiger partial charge >= 0.3 is 149 Å². The monoisotopic (exact) mass is 434 g/mol. The summed E-state index contributed by atoms with van der Waals surface area (Å²) in [6, 6.07) is 29.8. The fraction of sp³-hybridized carbons (Fsp3) is 0. The van der Waals surface area contributed by atoms with Gasteiger partial charge in [-0.15, -0.1) is 0 Å². The molecule has 3 heteroatoms. The molecule has 3 rings (SSSR count). The van der Waals surface area contributed by atoms with Crippen molar-refractivity contribution in [3.63, 3.8) is 0 Å². The number of halogens is 1. The molecule has 0 aliphatic carbocycles. The molecule has 0 fully saturated rings. The molecule has 0 aliphatic heterocycles. The van der Waals surface area contributed by atoms with Crippen LogP contribution in [-0.4, -0.2) is 29.9 Å². The maximum absolute atomic E-state index is 15.1. The van der Waals surface area contributed by atoms with E-state index in [1.807, 2.05) is 66.7 Å². The molecule has 0 saturated carbocycles. The van der Waals surface area contributed by atoms with Crippen LogP contribution in [0.25, 0.3) is 5.83 Å². The molecule has 0 atom stereocenters. The summed E-state index contributed by atoms with van der Waals surface area (Å²) in [4.78, 5) is 0. The molecule has 114 valence electrons. The molecule has 0 heterocycles. The minimum absolute atomic E-state index is 0.00295. The quantitative estimate of drug-likeness (QED) is 0.543. The van der Waals surface area contributed by atoms with E-state index in [1.165, 1.54) is 8.92 Å². The summed E-state index contributed by atoms with van der Waals surface area (Å²) in [5.74, 6) is -0.0571. The van der Waals surface area contributed by atoms with Gasteiger partial charge in [-0.2, -0.15) is 0 Å². The molecule has 0 radical (unpaired) electrons. The Balaban J connectivity index is 1.96. The van der Waals surface area contributed by atoms with Gasteiger partial charge in [0.2, 0.25) is 0 Å². The van der Waals surface area contributed by atoms with E-state index >= 15 is 4.39 Å². The summed E-state index contributed by atoms with van der Waals surface area (Å²) in [6.45, 7) is 0. The van der Waals surface area contributed by atoms with Gasteiger partial charge in [-0.05, 0) is 0 Å². The summed E-state index contributed by atoms with van der Waals surface area (Å²) in [7, 11) is 0. The molecule has 0 amide bonds. The van der Waals surface area contributed by atoms with E-state index in [4.69, 9.17) is 0 Å². The maximum atomic E-state index is 15.1. The van der Waals surface area contributed by atoms with Crippen molar-refractivity contribution in [3.8, 4) is 0 Å². The first-order valence-electron chi connectivity index (χ1n) is 7.24. The second kappa shape index (κ2) is 8.29. The van der Waals surface area contributed by atoms with Gasteiger partial charge in [0, 0.05) is 0 Å². The van der Waals surface area contributed by atoms with Crippen LogP contribution in [-0.2, 0) is 0 Å². The Morgan fingerprint density at radius 3 is 1.39 bits per heavy atom. The summed E-state index contributed by atoms with van der Waals surface area (Å²) >= 11 is -0.00590. The van der Waals surface area contributed by atoms with Crippen LogP contribution in [0.5, 0.6) is 0 Å². The third kappa shape index (κ3) is 4.67. The van der Waals surface area contributed by atoms with Crippen LogP contribution in [0.2, 0.25) is 0 Å². The number of hydrogen-bond donors (Lipinski definition) is 0. The van der Waals surface area contributed by atoms with Crippen LogP contribution in [0.3, 0.4) is 0 Å². The van der Waals surface area contributed by atoms with Crippen molar-refractivity contribution in [2.45, 2.75) is 0 Å². The fourth-order valence-electron chi connectivity index (χ4n) is 2.00. The number of benzene rings is 3. The summed E-state index contributed by atoms with van der Waals surface area (Å²) < 4.78 is 18.4. The third-order valence-electron chi connectivity index (χ3n) is 3.11. The van der Waals surface area contributed by atoms with Gasteiger partial charge in [0.1, 0.15) is 0 Å². The molecule has 0 aromatic heterocycles. The molecule has 0 unspecified atom stereocenters. The van der Waals surface area contributed by atoms with E-state index in [-0.39, 0.29) is 35.7 Å². The van der Waals surface area contributed by atoms with Gasteiger partial charge in [-0.1, -0.05) is 0 Å². The predicted molar refractivity (Wildman–Crippen MR) is 98.1 cm³/mol. The number of hydrogen-bond acceptors (Lipinski definition) is 0. The zero-order valence-electron chi connectivity index (χ0n) is 12.4. The molecule has 0 spiro atoms. The molecule has 0 N–H and O–H groups in total. The standard InChI is InChI=1S/C20H15FSe2/c21-19(16-10-4-1-5-11-16)20(22-17-12-6-2-7-13-17)23-18-14-8-3-9-15-18/h1-15H. The van der Waals surface area contributed by atoms with Crippen molar-refractivity contribution >= 4 is 44.7 Å². The van der Waals surface area contributed by atoms with Crippen molar-refractivity contribution in [1.82, 2.24) is 0 Å². The molecule has 3 aromatic rings. The van der Waals surface area contributed by atoms with Crippen molar-refractivity contribution in [2.24, 2.45) is 0 Å². The van der Waals surface area contributed by atoms with Crippen LogP contribution >= 0.6 is 0 Å². The van der Waals surface area contributed by atoms with E-state index in [1.54, 1.807) is 0 Å². The predicted octanol–water partition coefficient (Wildman–Crippen LogP) is 3.34. The van der Waals surface area contributed by atoms with E-state index in [9.17, 15) is 0 Å². The average Bonchev–Trinajstić information content (AvgIpc) is 2.63. The SMILES string of the molecule is FC(=C([Se]c1ccccc1)[Se]c1ccccc1)c1ccccc1. The summed E-state index contributed by atoms with van der Waals surface area (Å²) in [5.41, 5.74) is 0.679. The Kier molecular flexibility index (Phi) is 5.85. The van der Waals surface area contributed by atoms with Gasteiger partial charge < -0.3 is 0 Å². The first-order chi connectivity index (χ1) is 11.3. The van der Waals surface area contributed by atoms with E-state index < -0.39 is 0 Å². The van der Waals surface area contributed by atoms with Crippen LogP contribution in [0.4, 0.5) is 4.39 Å². The van der Waals surface area contributed by atoms with E-state index in [0.717, 1.165) is 3.37 Å². The van der Waals surface area contributed by atoms with Gasteiger partial charge in [-0.25, -0.2) is 0 Å². The first-order valence-corrected chi connectivity index (χ1v) is 10.7.